The molecule has 1 radical (unpaired) electrons. The van der Waals surface area contributed by atoms with E-state index in [4.69, 9.17) is 4.74 Å². The summed E-state index contributed by atoms with van der Waals surface area (Å²) >= 11 is 0. The van der Waals surface area contributed by atoms with Gasteiger partial charge < -0.3 is 9.84 Å². The van der Waals surface area contributed by atoms with Crippen molar-refractivity contribution in [3.05, 3.63) is 11.8 Å². The van der Waals surface area contributed by atoms with Crippen molar-refractivity contribution in [1.82, 2.24) is 0 Å². The molecule has 103 valence electrons. The van der Waals surface area contributed by atoms with Crippen molar-refractivity contribution < 1.29 is 31.7 Å². The predicted molar refractivity (Wildman–Crippen MR) is 65.8 cm³/mol. The van der Waals surface area contributed by atoms with E-state index in [1.165, 1.54) is 12.5 Å². The summed E-state index contributed by atoms with van der Waals surface area (Å²) in [5.41, 5.74) is 0. The molecule has 3 nitrogen and oxygen atoms in total. The molecule has 1 heterocycles. The molecule has 1 saturated heterocycles. The molecule has 1 saturated carbocycles. The van der Waals surface area contributed by atoms with Crippen LogP contribution in [0.15, 0.2) is 11.8 Å². The summed E-state index contributed by atoms with van der Waals surface area (Å²) < 4.78 is 5.25. The van der Waals surface area contributed by atoms with Crippen LogP contribution in [0.1, 0.15) is 44.9 Å². The first kappa shape index (κ1) is 15.7. The Bertz CT molecular complexity index is 289. The van der Waals surface area contributed by atoms with Gasteiger partial charge in [0.25, 0.3) is 0 Å². The van der Waals surface area contributed by atoms with Crippen LogP contribution in [0, 0.1) is 11.8 Å². The van der Waals surface area contributed by atoms with Gasteiger partial charge in [0, 0.05) is 48.2 Å². The maximum Gasteiger partial charge on any atom is 0.162 e. The minimum Gasteiger partial charge on any atom is -0.512 e. The third kappa shape index (κ3) is 4.42. The molecule has 0 spiro atoms. The van der Waals surface area contributed by atoms with Crippen molar-refractivity contribution in [1.29, 1.82) is 0 Å². The van der Waals surface area contributed by atoms with Crippen LogP contribution in [0.4, 0.5) is 0 Å². The Kier molecular flexibility index (Phi) is 6.98. The topological polar surface area (TPSA) is 46.5 Å². The molecule has 2 aliphatic rings. The van der Waals surface area contributed by atoms with Crippen LogP contribution in [-0.4, -0.2) is 24.1 Å². The van der Waals surface area contributed by atoms with Gasteiger partial charge in [-0.15, -0.1) is 0 Å². The summed E-state index contributed by atoms with van der Waals surface area (Å²) in [5, 5.41) is 9.96. The van der Waals surface area contributed by atoms with Crippen molar-refractivity contribution in [2.24, 2.45) is 11.8 Å². The zero-order valence-corrected chi connectivity index (χ0v) is 11.9. The fraction of sp³-hybridized carbons (Fsp3) is 0.786. The molecule has 1 aliphatic heterocycles. The number of ketones is 1. The molecular weight excluding hydrogens is 271 g/mol. The number of carbonyl (C=O) groups excluding carboxylic acids is 1. The van der Waals surface area contributed by atoms with Crippen LogP contribution < -0.4 is 0 Å². The van der Waals surface area contributed by atoms with Gasteiger partial charge in [0.05, 0.1) is 5.76 Å². The Morgan fingerprint density at radius 2 is 1.61 bits per heavy atom. The Balaban J connectivity index is 0.00000162. The molecule has 2 fully saturated rings. The molecule has 0 bridgehead atoms. The Morgan fingerprint density at radius 1 is 1.00 bits per heavy atom. The van der Waals surface area contributed by atoms with Gasteiger partial charge in [-0.2, -0.15) is 0 Å². The second kappa shape index (κ2) is 7.98. The number of aliphatic hydroxyl groups is 1. The normalized spacial score (nSPS) is 23.4. The predicted octanol–water partition coefficient (Wildman–Crippen LogP) is 3.00. The summed E-state index contributed by atoms with van der Waals surface area (Å²) in [6.07, 6.45) is 8.71. The zero-order valence-electron chi connectivity index (χ0n) is 10.7. The number of carbonyl (C=O) groups is 1. The number of hydrogen-bond donors (Lipinski definition) is 1. The molecule has 0 unspecified atom stereocenters. The van der Waals surface area contributed by atoms with Crippen LogP contribution in [0.25, 0.3) is 0 Å². The van der Waals surface area contributed by atoms with E-state index in [-0.39, 0.29) is 40.4 Å². The number of allylic oxidation sites excluding steroid dienone is 2. The van der Waals surface area contributed by atoms with Crippen LogP contribution in [-0.2, 0) is 26.6 Å². The summed E-state index contributed by atoms with van der Waals surface area (Å²) in [5.74, 6) is 0.708. The van der Waals surface area contributed by atoms with Gasteiger partial charge in [-0.1, -0.05) is 19.3 Å². The Labute approximate surface area is 119 Å². The fourth-order valence-corrected chi connectivity index (χ4v) is 2.76. The van der Waals surface area contributed by atoms with Gasteiger partial charge in [0.1, 0.15) is 0 Å². The first-order valence-electron chi connectivity index (χ1n) is 6.79. The van der Waals surface area contributed by atoms with Crippen molar-refractivity contribution in [3.8, 4) is 0 Å². The molecule has 0 aromatic heterocycles. The molecule has 0 amide bonds. The number of aliphatic hydroxyl groups excluding tert-OH is 1. The summed E-state index contributed by atoms with van der Waals surface area (Å²) in [7, 11) is 0. The molecule has 0 atom stereocenters. The van der Waals surface area contributed by atoms with Crippen LogP contribution in [0.2, 0.25) is 0 Å². The van der Waals surface area contributed by atoms with Crippen molar-refractivity contribution >= 4 is 5.78 Å². The molecule has 0 aromatic carbocycles. The quantitative estimate of drug-likeness (QED) is 0.494. The van der Waals surface area contributed by atoms with Gasteiger partial charge in [0.2, 0.25) is 0 Å². The summed E-state index contributed by atoms with van der Waals surface area (Å²) in [4.78, 5) is 12.0. The molecule has 4 heteroatoms. The third-order valence-corrected chi connectivity index (χ3v) is 3.94. The minimum atomic E-state index is 0. The second-order valence-electron chi connectivity index (χ2n) is 5.19. The van der Waals surface area contributed by atoms with Gasteiger partial charge >= 0.3 is 0 Å². The van der Waals surface area contributed by atoms with Crippen LogP contribution in [0.3, 0.4) is 0 Å². The maximum absolute atomic E-state index is 12.0. The van der Waals surface area contributed by atoms with E-state index < -0.39 is 0 Å². The largest absolute Gasteiger partial charge is 0.512 e. The van der Waals surface area contributed by atoms with Crippen LogP contribution in [0.5, 0.6) is 0 Å². The van der Waals surface area contributed by atoms with E-state index >= 15 is 0 Å². The molecule has 2 rings (SSSR count). The van der Waals surface area contributed by atoms with Gasteiger partial charge in [0.15, 0.2) is 5.78 Å². The molecular formula is C14H22MnO3. The van der Waals surface area contributed by atoms with Crippen molar-refractivity contribution in [2.75, 3.05) is 13.2 Å². The van der Waals surface area contributed by atoms with E-state index in [0.717, 1.165) is 38.5 Å². The zero-order chi connectivity index (χ0) is 12.1. The smallest absolute Gasteiger partial charge is 0.162 e. The molecule has 1 aliphatic carbocycles. The summed E-state index contributed by atoms with van der Waals surface area (Å²) in [6.45, 7) is 1.39. The average molecular weight is 293 g/mol. The number of rotatable bonds is 3. The second-order valence-corrected chi connectivity index (χ2v) is 5.19. The molecule has 18 heavy (non-hydrogen) atoms. The maximum atomic E-state index is 12.0. The van der Waals surface area contributed by atoms with Gasteiger partial charge in [-0.05, 0) is 25.7 Å². The van der Waals surface area contributed by atoms with E-state index in [0.29, 0.717) is 13.2 Å². The Morgan fingerprint density at radius 3 is 2.22 bits per heavy atom. The average Bonchev–Trinajstić information content (AvgIpc) is 2.40. The fourth-order valence-electron chi connectivity index (χ4n) is 2.76. The molecule has 1 N–H and O–H groups in total. The first-order chi connectivity index (χ1) is 8.27. The monoisotopic (exact) mass is 293 g/mol. The van der Waals surface area contributed by atoms with E-state index in [2.05, 4.69) is 0 Å². The minimum absolute atomic E-state index is 0. The Hall–Kier alpha value is -0.311. The summed E-state index contributed by atoms with van der Waals surface area (Å²) in [6, 6.07) is 0. The van der Waals surface area contributed by atoms with E-state index in [1.54, 1.807) is 0 Å². The van der Waals surface area contributed by atoms with Gasteiger partial charge in [-0.25, -0.2) is 0 Å². The van der Waals surface area contributed by atoms with Crippen LogP contribution >= 0.6 is 0 Å². The number of hydrogen-bond acceptors (Lipinski definition) is 3. The third-order valence-electron chi connectivity index (χ3n) is 3.94. The SMILES string of the molecule is O=C(/C=C(\O)C1CCOCC1)C1CCCCC1.[Mn]. The molecule has 0 aromatic rings. The van der Waals surface area contributed by atoms with Crippen molar-refractivity contribution in [2.45, 2.75) is 44.9 Å². The standard InChI is InChI=1S/C14H22O3.Mn/c15-13(11-4-2-1-3-5-11)10-14(16)12-6-8-17-9-7-12;/h10-12,16H,1-9H2;/b14-10-;. The van der Waals surface area contributed by atoms with E-state index in [9.17, 15) is 9.90 Å². The van der Waals surface area contributed by atoms with E-state index in [1.807, 2.05) is 0 Å². The first-order valence-corrected chi connectivity index (χ1v) is 6.79. The van der Waals surface area contributed by atoms with Gasteiger partial charge in [-0.3, -0.25) is 4.79 Å². The number of ether oxygens (including phenoxy) is 1. The van der Waals surface area contributed by atoms with Crippen molar-refractivity contribution in [3.63, 3.8) is 0 Å².